The van der Waals surface area contributed by atoms with Gasteiger partial charge in [-0.2, -0.15) is 9.98 Å². The summed E-state index contributed by atoms with van der Waals surface area (Å²) in [4.78, 5) is 25.9. The molecule has 0 aliphatic carbocycles. The molecule has 0 saturated heterocycles. The second-order valence-corrected chi connectivity index (χ2v) is 2.50. The highest BCUT2D eigenvalue weighted by Crippen LogP contribution is 2.55. The van der Waals surface area contributed by atoms with Crippen molar-refractivity contribution in [2.24, 2.45) is 9.98 Å². The Labute approximate surface area is 87.5 Å². The fourth-order valence-electron chi connectivity index (χ4n) is 0.976. The molecular formula is C8H4N2O6. The number of aromatic hydroxyl groups is 4. The number of carbonyl (C=O) groups excluding carboxylic acids is 2. The van der Waals surface area contributed by atoms with E-state index in [1.807, 2.05) is 0 Å². The molecule has 1 aromatic carbocycles. The quantitative estimate of drug-likeness (QED) is 0.248. The highest BCUT2D eigenvalue weighted by Gasteiger charge is 2.23. The number of isocyanates is 2. The standard InChI is InChI=1S/C8H4N2O6/c11-1-9-3-4(10-2-12)6(14)8(16)7(15)5(3)13/h13-16H. The van der Waals surface area contributed by atoms with Crippen LogP contribution in [0.25, 0.3) is 0 Å². The van der Waals surface area contributed by atoms with Crippen LogP contribution >= 0.6 is 0 Å². The first-order valence-corrected chi connectivity index (χ1v) is 3.70. The number of aliphatic imine (C=N–C) groups is 2. The Morgan fingerprint density at radius 3 is 1.25 bits per heavy atom. The largest absolute Gasteiger partial charge is 0.503 e. The van der Waals surface area contributed by atoms with Crippen molar-refractivity contribution < 1.29 is 30.0 Å². The minimum absolute atomic E-state index is 0.703. The number of nitrogens with zero attached hydrogens (tertiary/aromatic N) is 2. The summed E-state index contributed by atoms with van der Waals surface area (Å²) >= 11 is 0. The molecular weight excluding hydrogens is 220 g/mol. The molecule has 8 nitrogen and oxygen atoms in total. The van der Waals surface area contributed by atoms with Crippen LogP contribution in [0, 0.1) is 0 Å². The van der Waals surface area contributed by atoms with Gasteiger partial charge in [-0.15, -0.1) is 0 Å². The van der Waals surface area contributed by atoms with Crippen LogP contribution in [0.1, 0.15) is 0 Å². The predicted octanol–water partition coefficient (Wildman–Crippen LogP) is 0.444. The molecule has 1 aromatic rings. The van der Waals surface area contributed by atoms with Crippen molar-refractivity contribution in [1.29, 1.82) is 0 Å². The third kappa shape index (κ3) is 1.57. The van der Waals surface area contributed by atoms with E-state index in [-0.39, 0.29) is 0 Å². The Morgan fingerprint density at radius 2 is 1.00 bits per heavy atom. The van der Waals surface area contributed by atoms with Gasteiger partial charge in [-0.1, -0.05) is 0 Å². The summed E-state index contributed by atoms with van der Waals surface area (Å²) in [5.74, 6) is -4.24. The van der Waals surface area contributed by atoms with Crippen LogP contribution in [-0.4, -0.2) is 32.6 Å². The van der Waals surface area contributed by atoms with Crippen molar-refractivity contribution >= 4 is 23.5 Å². The Bertz CT molecular complexity index is 491. The SMILES string of the molecule is O=C=Nc1c(O)c(O)c(O)c(O)c1N=C=O. The Balaban J connectivity index is 3.81. The molecule has 0 spiro atoms. The Kier molecular flexibility index (Phi) is 2.91. The lowest BCUT2D eigenvalue weighted by molar-refractivity contribution is 0.347. The van der Waals surface area contributed by atoms with Crippen LogP contribution in [0.15, 0.2) is 9.98 Å². The van der Waals surface area contributed by atoms with Crippen LogP contribution in [0.4, 0.5) is 11.4 Å². The molecule has 16 heavy (non-hydrogen) atoms. The smallest absolute Gasteiger partial charge is 0.240 e. The topological polar surface area (TPSA) is 140 Å². The van der Waals surface area contributed by atoms with E-state index in [0.717, 1.165) is 12.2 Å². The van der Waals surface area contributed by atoms with Gasteiger partial charge in [0.25, 0.3) is 0 Å². The molecule has 0 bridgehead atoms. The number of hydrogen-bond acceptors (Lipinski definition) is 8. The van der Waals surface area contributed by atoms with Gasteiger partial charge in [0.05, 0.1) is 0 Å². The molecule has 0 unspecified atom stereocenters. The highest BCUT2D eigenvalue weighted by molar-refractivity contribution is 5.85. The Morgan fingerprint density at radius 1 is 0.688 bits per heavy atom. The average molecular weight is 224 g/mol. The van der Waals surface area contributed by atoms with Gasteiger partial charge >= 0.3 is 0 Å². The molecule has 0 atom stereocenters. The van der Waals surface area contributed by atoms with E-state index >= 15 is 0 Å². The number of rotatable bonds is 2. The van der Waals surface area contributed by atoms with E-state index in [9.17, 15) is 19.8 Å². The molecule has 0 aliphatic heterocycles. The molecule has 0 radical (unpaired) electrons. The van der Waals surface area contributed by atoms with Gasteiger partial charge < -0.3 is 20.4 Å². The van der Waals surface area contributed by atoms with Gasteiger partial charge in [0.15, 0.2) is 22.9 Å². The van der Waals surface area contributed by atoms with Crippen LogP contribution in [0.3, 0.4) is 0 Å². The van der Waals surface area contributed by atoms with Crippen LogP contribution in [-0.2, 0) is 9.59 Å². The first kappa shape index (κ1) is 11.3. The third-order valence-electron chi connectivity index (χ3n) is 1.66. The molecule has 0 aromatic heterocycles. The summed E-state index contributed by atoms with van der Waals surface area (Å²) < 4.78 is 0. The zero-order chi connectivity index (χ0) is 12.3. The minimum Gasteiger partial charge on any atom is -0.503 e. The lowest BCUT2D eigenvalue weighted by Crippen LogP contribution is -1.78. The van der Waals surface area contributed by atoms with Crippen molar-refractivity contribution in [2.75, 3.05) is 0 Å². The zero-order valence-corrected chi connectivity index (χ0v) is 7.50. The fraction of sp³-hybridized carbons (Fsp3) is 0. The maximum atomic E-state index is 10.0. The van der Waals surface area contributed by atoms with Gasteiger partial charge in [0, 0.05) is 0 Å². The van der Waals surface area contributed by atoms with Crippen molar-refractivity contribution in [3.05, 3.63) is 0 Å². The zero-order valence-electron chi connectivity index (χ0n) is 7.50. The molecule has 0 fully saturated rings. The third-order valence-corrected chi connectivity index (χ3v) is 1.66. The average Bonchev–Trinajstić information content (AvgIpc) is 2.28. The molecule has 8 heteroatoms. The van der Waals surface area contributed by atoms with Gasteiger partial charge in [0.2, 0.25) is 23.7 Å². The lowest BCUT2D eigenvalue weighted by Gasteiger charge is -2.07. The van der Waals surface area contributed by atoms with Crippen molar-refractivity contribution in [3.63, 3.8) is 0 Å². The second kappa shape index (κ2) is 4.14. The van der Waals surface area contributed by atoms with Crippen molar-refractivity contribution in [3.8, 4) is 23.0 Å². The maximum absolute atomic E-state index is 10.0. The summed E-state index contributed by atoms with van der Waals surface area (Å²) in [6, 6.07) is 0. The summed E-state index contributed by atoms with van der Waals surface area (Å²) in [6.45, 7) is 0. The van der Waals surface area contributed by atoms with E-state index in [1.165, 1.54) is 0 Å². The first-order chi connectivity index (χ1) is 7.54. The van der Waals surface area contributed by atoms with Crippen LogP contribution < -0.4 is 0 Å². The van der Waals surface area contributed by atoms with Crippen molar-refractivity contribution in [1.82, 2.24) is 0 Å². The van der Waals surface area contributed by atoms with E-state index in [1.54, 1.807) is 0 Å². The fourth-order valence-corrected chi connectivity index (χ4v) is 0.976. The van der Waals surface area contributed by atoms with E-state index in [2.05, 4.69) is 9.98 Å². The summed E-state index contributed by atoms with van der Waals surface area (Å²) in [5, 5.41) is 36.7. The lowest BCUT2D eigenvalue weighted by atomic mass is 10.2. The van der Waals surface area contributed by atoms with Crippen LogP contribution in [0.5, 0.6) is 23.0 Å². The molecule has 1 rings (SSSR count). The minimum atomic E-state index is -1.10. The van der Waals surface area contributed by atoms with Gasteiger partial charge in [-0.25, -0.2) is 9.59 Å². The number of hydrogen-bond donors (Lipinski definition) is 4. The molecule has 0 heterocycles. The first-order valence-electron chi connectivity index (χ1n) is 3.70. The summed E-state index contributed by atoms with van der Waals surface area (Å²) in [5.41, 5.74) is -1.41. The van der Waals surface area contributed by atoms with Gasteiger partial charge in [-0.3, -0.25) is 0 Å². The maximum Gasteiger partial charge on any atom is 0.240 e. The second-order valence-electron chi connectivity index (χ2n) is 2.50. The molecule has 4 N–H and O–H groups in total. The predicted molar refractivity (Wildman–Crippen MR) is 48.7 cm³/mol. The summed E-state index contributed by atoms with van der Waals surface area (Å²) in [7, 11) is 0. The normalized spacial score (nSPS) is 9.00. The highest BCUT2D eigenvalue weighted by atomic mass is 16.3. The monoisotopic (exact) mass is 224 g/mol. The van der Waals surface area contributed by atoms with E-state index in [0.29, 0.717) is 0 Å². The molecule has 0 amide bonds. The van der Waals surface area contributed by atoms with Crippen LogP contribution in [0.2, 0.25) is 0 Å². The number of phenols is 4. The number of phenolic OH excluding ortho intramolecular Hbond substituents is 4. The van der Waals surface area contributed by atoms with E-state index in [4.69, 9.17) is 10.2 Å². The molecule has 0 aliphatic rings. The van der Waals surface area contributed by atoms with Gasteiger partial charge in [0.1, 0.15) is 0 Å². The molecule has 0 saturated carbocycles. The van der Waals surface area contributed by atoms with Gasteiger partial charge in [-0.05, 0) is 0 Å². The van der Waals surface area contributed by atoms with E-state index < -0.39 is 34.4 Å². The summed E-state index contributed by atoms with van der Waals surface area (Å²) in [6.07, 6.45) is 2.04. The number of benzene rings is 1. The van der Waals surface area contributed by atoms with Crippen molar-refractivity contribution in [2.45, 2.75) is 0 Å². The Hall–Kier alpha value is -2.82. The molecule has 82 valence electrons.